The second-order valence-corrected chi connectivity index (χ2v) is 5.25. The Bertz CT molecular complexity index is 570. The average molecular weight is 274 g/mol. The first-order valence-corrected chi connectivity index (χ1v) is 6.99. The van der Waals surface area contributed by atoms with Crippen LogP contribution in [0.3, 0.4) is 0 Å². The second-order valence-electron chi connectivity index (χ2n) is 5.25. The summed E-state index contributed by atoms with van der Waals surface area (Å²) in [6.07, 6.45) is 1.89. The minimum Gasteiger partial charge on any atom is -0.464 e. The molecule has 2 unspecified atom stereocenters. The minimum absolute atomic E-state index is 0.174. The predicted octanol–water partition coefficient (Wildman–Crippen LogP) is 0.781. The van der Waals surface area contributed by atoms with Gasteiger partial charge in [0.05, 0.1) is 18.3 Å². The molecule has 1 aromatic rings. The van der Waals surface area contributed by atoms with Crippen molar-refractivity contribution < 1.29 is 14.3 Å². The molecule has 2 N–H and O–H groups in total. The van der Waals surface area contributed by atoms with Crippen molar-refractivity contribution in [3.63, 3.8) is 0 Å². The molecule has 0 saturated heterocycles. The lowest BCUT2D eigenvalue weighted by atomic mass is 10.0. The van der Waals surface area contributed by atoms with Crippen LogP contribution in [-0.2, 0) is 27.2 Å². The van der Waals surface area contributed by atoms with Gasteiger partial charge in [-0.1, -0.05) is 18.2 Å². The van der Waals surface area contributed by atoms with Crippen molar-refractivity contribution in [1.29, 1.82) is 0 Å². The lowest BCUT2D eigenvalue weighted by molar-refractivity contribution is -0.145. The lowest BCUT2D eigenvalue weighted by Gasteiger charge is -2.25. The Hall–Kier alpha value is -1.88. The van der Waals surface area contributed by atoms with E-state index in [0.717, 1.165) is 23.2 Å². The smallest absolute Gasteiger partial charge is 0.329 e. The summed E-state index contributed by atoms with van der Waals surface area (Å²) in [5.41, 5.74) is 8.94. The highest BCUT2D eigenvalue weighted by Gasteiger charge is 2.43. The quantitative estimate of drug-likeness (QED) is 0.809. The normalized spacial score (nSPS) is 24.3. The second kappa shape index (κ2) is 4.90. The first kappa shape index (κ1) is 13.1. The molecule has 1 amide bonds. The van der Waals surface area contributed by atoms with E-state index in [-0.39, 0.29) is 11.9 Å². The molecule has 1 aromatic carbocycles. The fourth-order valence-electron chi connectivity index (χ4n) is 3.08. The van der Waals surface area contributed by atoms with Gasteiger partial charge >= 0.3 is 5.97 Å². The Labute approximate surface area is 117 Å². The van der Waals surface area contributed by atoms with Gasteiger partial charge in [0, 0.05) is 6.42 Å². The highest BCUT2D eigenvalue weighted by Crippen LogP contribution is 2.38. The third-order valence-electron chi connectivity index (χ3n) is 4.01. The van der Waals surface area contributed by atoms with Gasteiger partial charge in [-0.25, -0.2) is 4.79 Å². The van der Waals surface area contributed by atoms with E-state index in [2.05, 4.69) is 0 Å². The molecular weight excluding hydrogens is 256 g/mol. The van der Waals surface area contributed by atoms with Gasteiger partial charge in [-0.3, -0.25) is 9.69 Å². The monoisotopic (exact) mass is 274 g/mol. The Morgan fingerprint density at radius 2 is 2.20 bits per heavy atom. The molecule has 0 aliphatic carbocycles. The van der Waals surface area contributed by atoms with E-state index >= 15 is 0 Å². The zero-order valence-electron chi connectivity index (χ0n) is 11.5. The zero-order valence-corrected chi connectivity index (χ0v) is 11.5. The van der Waals surface area contributed by atoms with Gasteiger partial charge < -0.3 is 10.5 Å². The number of hydrogen-bond acceptors (Lipinski definition) is 4. The summed E-state index contributed by atoms with van der Waals surface area (Å²) in [5, 5.41) is 0. The van der Waals surface area contributed by atoms with Crippen LogP contribution >= 0.6 is 0 Å². The fourth-order valence-corrected chi connectivity index (χ4v) is 3.08. The first-order valence-electron chi connectivity index (χ1n) is 6.99. The van der Waals surface area contributed by atoms with Crippen LogP contribution in [0.1, 0.15) is 24.5 Å². The van der Waals surface area contributed by atoms with E-state index in [1.165, 1.54) is 0 Å². The Balaban J connectivity index is 2.06. The molecule has 0 radical (unpaired) electrons. The largest absolute Gasteiger partial charge is 0.464 e. The molecular formula is C15H18N2O3. The standard InChI is InChI=1S/C15H18N2O3/c1-2-20-15(19)12-8-10-5-3-4-9-6-7-11(16)14(18)17(12)13(9)10/h3-5,11-12H,2,6-8,16H2,1H3. The maximum atomic E-state index is 12.5. The highest BCUT2D eigenvalue weighted by molar-refractivity contribution is 6.05. The average Bonchev–Trinajstić information content (AvgIpc) is 2.78. The summed E-state index contributed by atoms with van der Waals surface area (Å²) in [5.74, 6) is -0.524. The molecule has 5 nitrogen and oxygen atoms in total. The Morgan fingerprint density at radius 3 is 2.95 bits per heavy atom. The number of carbonyl (C=O) groups is 2. The number of para-hydroxylation sites is 1. The van der Waals surface area contributed by atoms with Crippen LogP contribution in [0.25, 0.3) is 0 Å². The van der Waals surface area contributed by atoms with Gasteiger partial charge in [0.2, 0.25) is 5.91 Å². The fraction of sp³-hybridized carbons (Fsp3) is 0.467. The number of nitrogens with zero attached hydrogens (tertiary/aromatic N) is 1. The maximum absolute atomic E-state index is 12.5. The third-order valence-corrected chi connectivity index (χ3v) is 4.01. The van der Waals surface area contributed by atoms with Gasteiger partial charge in [0.1, 0.15) is 6.04 Å². The van der Waals surface area contributed by atoms with Crippen LogP contribution in [0.2, 0.25) is 0 Å². The van der Waals surface area contributed by atoms with Crippen LogP contribution in [-0.4, -0.2) is 30.6 Å². The van der Waals surface area contributed by atoms with Crippen molar-refractivity contribution in [2.75, 3.05) is 11.5 Å². The number of aryl methyl sites for hydroxylation is 1. The number of hydrogen-bond donors (Lipinski definition) is 1. The van der Waals surface area contributed by atoms with Crippen molar-refractivity contribution in [2.45, 2.75) is 38.3 Å². The summed E-state index contributed by atoms with van der Waals surface area (Å²) in [7, 11) is 0. The molecule has 3 rings (SSSR count). The van der Waals surface area contributed by atoms with Gasteiger partial charge in [-0.15, -0.1) is 0 Å². The SMILES string of the molecule is CCOC(=O)C1Cc2cccc3c2N1C(=O)C(N)CC3. The number of benzene rings is 1. The molecule has 0 bridgehead atoms. The Morgan fingerprint density at radius 1 is 1.45 bits per heavy atom. The van der Waals surface area contributed by atoms with Gasteiger partial charge in [0.15, 0.2) is 0 Å². The predicted molar refractivity (Wildman–Crippen MR) is 74.3 cm³/mol. The van der Waals surface area contributed by atoms with Crippen LogP contribution in [0.15, 0.2) is 18.2 Å². The molecule has 0 saturated carbocycles. The summed E-state index contributed by atoms with van der Waals surface area (Å²) in [6, 6.07) is 4.83. The van der Waals surface area contributed by atoms with Gasteiger partial charge in [-0.2, -0.15) is 0 Å². The minimum atomic E-state index is -0.567. The van der Waals surface area contributed by atoms with Crippen molar-refractivity contribution in [2.24, 2.45) is 5.73 Å². The first-order chi connectivity index (χ1) is 9.63. The molecule has 20 heavy (non-hydrogen) atoms. The van der Waals surface area contributed by atoms with Crippen LogP contribution < -0.4 is 10.6 Å². The van der Waals surface area contributed by atoms with Gasteiger partial charge in [0.25, 0.3) is 0 Å². The van der Waals surface area contributed by atoms with Gasteiger partial charge in [-0.05, 0) is 30.9 Å². The van der Waals surface area contributed by atoms with Crippen LogP contribution in [0, 0.1) is 0 Å². The molecule has 0 spiro atoms. The van der Waals surface area contributed by atoms with Crippen molar-refractivity contribution in [1.82, 2.24) is 0 Å². The summed E-state index contributed by atoms with van der Waals surface area (Å²) in [4.78, 5) is 26.2. The number of rotatable bonds is 2. The van der Waals surface area contributed by atoms with E-state index in [1.807, 2.05) is 18.2 Å². The molecule has 106 valence electrons. The number of anilines is 1. The Kier molecular flexibility index (Phi) is 3.22. The topological polar surface area (TPSA) is 72.6 Å². The summed E-state index contributed by atoms with van der Waals surface area (Å²) >= 11 is 0. The molecule has 2 aliphatic rings. The number of carbonyl (C=O) groups excluding carboxylic acids is 2. The van der Waals surface area contributed by atoms with E-state index in [1.54, 1.807) is 11.8 Å². The van der Waals surface area contributed by atoms with Crippen LogP contribution in [0.4, 0.5) is 5.69 Å². The summed E-state index contributed by atoms with van der Waals surface area (Å²) < 4.78 is 5.10. The molecule has 2 heterocycles. The van der Waals surface area contributed by atoms with E-state index < -0.39 is 12.1 Å². The number of nitrogens with two attached hydrogens (primary N) is 1. The van der Waals surface area contributed by atoms with E-state index in [0.29, 0.717) is 19.4 Å². The number of ether oxygens (including phenoxy) is 1. The zero-order chi connectivity index (χ0) is 14.3. The molecule has 5 heteroatoms. The van der Waals surface area contributed by atoms with Crippen molar-refractivity contribution in [3.8, 4) is 0 Å². The van der Waals surface area contributed by atoms with Crippen LogP contribution in [0.5, 0.6) is 0 Å². The molecule has 2 aliphatic heterocycles. The third kappa shape index (κ3) is 1.89. The number of esters is 1. The lowest BCUT2D eigenvalue weighted by Crippen LogP contribution is -2.50. The summed E-state index contributed by atoms with van der Waals surface area (Å²) in [6.45, 7) is 2.08. The van der Waals surface area contributed by atoms with Crippen molar-refractivity contribution >= 4 is 17.6 Å². The van der Waals surface area contributed by atoms with Crippen molar-refractivity contribution in [3.05, 3.63) is 29.3 Å². The highest BCUT2D eigenvalue weighted by atomic mass is 16.5. The molecule has 0 fully saturated rings. The number of amides is 1. The van der Waals surface area contributed by atoms with E-state index in [4.69, 9.17) is 10.5 Å². The molecule has 0 aromatic heterocycles. The maximum Gasteiger partial charge on any atom is 0.329 e. The molecule has 2 atom stereocenters. The van der Waals surface area contributed by atoms with E-state index in [9.17, 15) is 9.59 Å².